The van der Waals surface area contributed by atoms with E-state index in [1.54, 1.807) is 12.1 Å². The zero-order chi connectivity index (χ0) is 13.8. The third-order valence-corrected chi connectivity index (χ3v) is 3.44. The summed E-state index contributed by atoms with van der Waals surface area (Å²) in [6, 6.07) is 6.24. The third kappa shape index (κ3) is 3.31. The van der Waals surface area contributed by atoms with Crippen molar-refractivity contribution in [2.24, 2.45) is 0 Å². The molecule has 0 fully saturated rings. The average Bonchev–Trinajstić information content (AvgIpc) is 2.85. The molecule has 0 saturated carbocycles. The van der Waals surface area contributed by atoms with Gasteiger partial charge in [-0.05, 0) is 24.3 Å². The zero-order valence-electron chi connectivity index (χ0n) is 9.66. The van der Waals surface area contributed by atoms with Gasteiger partial charge in [0.05, 0.1) is 11.3 Å². The van der Waals surface area contributed by atoms with Crippen LogP contribution in [0.1, 0.15) is 22.7 Å². The molecule has 0 radical (unpaired) electrons. The molecule has 0 atom stereocenters. The van der Waals surface area contributed by atoms with Gasteiger partial charge in [0, 0.05) is 17.3 Å². The average molecular weight is 284 g/mol. The molecule has 0 spiro atoms. The van der Waals surface area contributed by atoms with E-state index >= 15 is 0 Å². The van der Waals surface area contributed by atoms with Gasteiger partial charge in [0.2, 0.25) is 0 Å². The Bertz CT molecular complexity index is 569. The fraction of sp³-hybridized carbons (Fsp3) is 0.167. The number of alkyl halides is 2. The number of carboxylic acid groups (broad SMARTS) is 1. The fourth-order valence-corrected chi connectivity index (χ4v) is 2.32. The Kier molecular flexibility index (Phi) is 4.16. The van der Waals surface area contributed by atoms with Gasteiger partial charge in [-0.25, -0.2) is 9.78 Å². The van der Waals surface area contributed by atoms with E-state index in [2.05, 4.69) is 4.98 Å². The number of carbonyl (C=O) groups is 1. The molecule has 1 aromatic carbocycles. The Morgan fingerprint density at radius 1 is 1.37 bits per heavy atom. The Labute approximate surface area is 112 Å². The van der Waals surface area contributed by atoms with Crippen LogP contribution in [0.15, 0.2) is 41.6 Å². The van der Waals surface area contributed by atoms with Crippen molar-refractivity contribution in [3.05, 3.63) is 48.0 Å². The second kappa shape index (κ2) is 5.83. The summed E-state index contributed by atoms with van der Waals surface area (Å²) in [5.41, 5.74) is 0.193. The highest BCUT2D eigenvalue weighted by molar-refractivity contribution is 7.98. The fourth-order valence-electron chi connectivity index (χ4n) is 1.48. The Hall–Kier alpha value is -1.89. The molecule has 19 heavy (non-hydrogen) atoms. The van der Waals surface area contributed by atoms with Crippen molar-refractivity contribution in [1.82, 2.24) is 9.55 Å². The van der Waals surface area contributed by atoms with E-state index in [1.807, 2.05) is 0 Å². The summed E-state index contributed by atoms with van der Waals surface area (Å²) in [5.74, 6) is -0.420. The topological polar surface area (TPSA) is 55.1 Å². The lowest BCUT2D eigenvalue weighted by Gasteiger charge is -2.06. The van der Waals surface area contributed by atoms with Crippen LogP contribution in [0.25, 0.3) is 0 Å². The molecule has 0 saturated heterocycles. The standard InChI is InChI=1S/C12H10F2N2O2S/c13-12(14)16-6-5-15-10(16)7-19-9-3-1-8(2-4-9)11(17)18/h1-6,12H,7H2,(H,17,18). The molecule has 2 aromatic rings. The first-order valence-corrected chi connectivity index (χ1v) is 6.32. The van der Waals surface area contributed by atoms with Crippen LogP contribution in [0.4, 0.5) is 8.78 Å². The number of halogens is 2. The molecule has 0 bridgehead atoms. The maximum atomic E-state index is 12.6. The maximum absolute atomic E-state index is 12.6. The Morgan fingerprint density at radius 3 is 2.63 bits per heavy atom. The smallest absolute Gasteiger partial charge is 0.335 e. The van der Waals surface area contributed by atoms with E-state index < -0.39 is 12.5 Å². The summed E-state index contributed by atoms with van der Waals surface area (Å²) in [5, 5.41) is 8.75. The van der Waals surface area contributed by atoms with Crippen molar-refractivity contribution >= 4 is 17.7 Å². The Morgan fingerprint density at radius 2 is 2.05 bits per heavy atom. The van der Waals surface area contributed by atoms with Crippen LogP contribution in [0, 0.1) is 0 Å². The molecule has 0 aliphatic carbocycles. The molecule has 0 amide bonds. The second-order valence-corrected chi connectivity index (χ2v) is 4.70. The Balaban J connectivity index is 2.02. The van der Waals surface area contributed by atoms with Crippen molar-refractivity contribution in [3.63, 3.8) is 0 Å². The van der Waals surface area contributed by atoms with E-state index in [9.17, 15) is 13.6 Å². The minimum Gasteiger partial charge on any atom is -0.478 e. The first-order valence-electron chi connectivity index (χ1n) is 5.34. The van der Waals surface area contributed by atoms with Gasteiger partial charge in [0.1, 0.15) is 5.82 Å². The number of thioether (sulfide) groups is 1. The van der Waals surface area contributed by atoms with E-state index in [0.29, 0.717) is 5.75 Å². The monoisotopic (exact) mass is 284 g/mol. The molecule has 7 heteroatoms. The summed E-state index contributed by atoms with van der Waals surface area (Å²) in [4.78, 5) is 15.3. The normalized spacial score (nSPS) is 10.9. The van der Waals surface area contributed by atoms with E-state index in [4.69, 9.17) is 5.11 Å². The lowest BCUT2D eigenvalue weighted by molar-refractivity contribution is 0.0675. The van der Waals surface area contributed by atoms with Crippen LogP contribution in [0.3, 0.4) is 0 Å². The maximum Gasteiger partial charge on any atom is 0.335 e. The summed E-state index contributed by atoms with van der Waals surface area (Å²) < 4.78 is 26.0. The van der Waals surface area contributed by atoms with Crippen LogP contribution < -0.4 is 0 Å². The number of hydrogen-bond acceptors (Lipinski definition) is 3. The highest BCUT2D eigenvalue weighted by Crippen LogP contribution is 2.24. The number of benzene rings is 1. The molecule has 100 valence electrons. The van der Waals surface area contributed by atoms with E-state index in [0.717, 1.165) is 9.46 Å². The van der Waals surface area contributed by atoms with Gasteiger partial charge in [0.15, 0.2) is 0 Å². The number of carboxylic acids is 1. The molecular weight excluding hydrogens is 274 g/mol. The quantitative estimate of drug-likeness (QED) is 0.856. The van der Waals surface area contributed by atoms with Gasteiger partial charge in [0.25, 0.3) is 0 Å². The van der Waals surface area contributed by atoms with Crippen molar-refractivity contribution in [3.8, 4) is 0 Å². The summed E-state index contributed by atoms with van der Waals surface area (Å²) >= 11 is 1.32. The number of aromatic carboxylic acids is 1. The number of imidazole rings is 1. The van der Waals surface area contributed by atoms with E-state index in [-0.39, 0.29) is 11.4 Å². The number of nitrogens with zero attached hydrogens (tertiary/aromatic N) is 2. The zero-order valence-corrected chi connectivity index (χ0v) is 10.5. The minimum absolute atomic E-state index is 0.193. The van der Waals surface area contributed by atoms with Gasteiger partial charge < -0.3 is 5.11 Å². The van der Waals surface area contributed by atoms with Crippen molar-refractivity contribution in [2.45, 2.75) is 17.2 Å². The van der Waals surface area contributed by atoms with Crippen LogP contribution in [0.2, 0.25) is 0 Å². The van der Waals surface area contributed by atoms with Gasteiger partial charge in [-0.15, -0.1) is 11.8 Å². The predicted molar refractivity (Wildman–Crippen MR) is 66.4 cm³/mol. The molecular formula is C12H10F2N2O2S. The molecule has 0 aliphatic rings. The molecule has 0 aliphatic heterocycles. The van der Waals surface area contributed by atoms with Crippen molar-refractivity contribution < 1.29 is 18.7 Å². The van der Waals surface area contributed by atoms with Gasteiger partial charge >= 0.3 is 12.5 Å². The number of hydrogen-bond donors (Lipinski definition) is 1. The largest absolute Gasteiger partial charge is 0.478 e. The van der Waals surface area contributed by atoms with E-state index in [1.165, 1.54) is 36.3 Å². The van der Waals surface area contributed by atoms with Gasteiger partial charge in [-0.1, -0.05) is 0 Å². The van der Waals surface area contributed by atoms with Crippen LogP contribution >= 0.6 is 11.8 Å². The number of rotatable bonds is 5. The molecule has 1 N–H and O–H groups in total. The van der Waals surface area contributed by atoms with Crippen LogP contribution in [-0.2, 0) is 5.75 Å². The van der Waals surface area contributed by atoms with Crippen molar-refractivity contribution in [2.75, 3.05) is 0 Å². The first kappa shape index (κ1) is 13.5. The van der Waals surface area contributed by atoms with Crippen LogP contribution in [-0.4, -0.2) is 20.6 Å². The van der Waals surface area contributed by atoms with Gasteiger partial charge in [-0.2, -0.15) is 8.78 Å². The number of aromatic nitrogens is 2. The highest BCUT2D eigenvalue weighted by atomic mass is 32.2. The predicted octanol–water partition coefficient (Wildman–Crippen LogP) is 3.27. The van der Waals surface area contributed by atoms with Crippen molar-refractivity contribution in [1.29, 1.82) is 0 Å². The summed E-state index contributed by atoms with van der Waals surface area (Å²) in [6.45, 7) is -2.60. The molecule has 0 unspecified atom stereocenters. The summed E-state index contributed by atoms with van der Waals surface area (Å²) in [7, 11) is 0. The van der Waals surface area contributed by atoms with Crippen LogP contribution in [0.5, 0.6) is 0 Å². The molecule has 2 rings (SSSR count). The molecule has 4 nitrogen and oxygen atoms in total. The molecule has 1 heterocycles. The first-order chi connectivity index (χ1) is 9.08. The highest BCUT2D eigenvalue weighted by Gasteiger charge is 2.11. The van der Waals surface area contributed by atoms with Gasteiger partial charge in [-0.3, -0.25) is 4.57 Å². The third-order valence-electron chi connectivity index (χ3n) is 2.43. The lowest BCUT2D eigenvalue weighted by Crippen LogP contribution is -2.02. The summed E-state index contributed by atoms with van der Waals surface area (Å²) in [6.07, 6.45) is 2.56. The lowest BCUT2D eigenvalue weighted by atomic mass is 10.2. The molecule has 1 aromatic heterocycles. The second-order valence-electron chi connectivity index (χ2n) is 3.65. The SMILES string of the molecule is O=C(O)c1ccc(SCc2nccn2C(F)F)cc1. The minimum atomic E-state index is -2.60.